The molecule has 2 aromatic heterocycles. The maximum Gasteiger partial charge on any atom is 0.180 e. The predicted octanol–water partition coefficient (Wildman–Crippen LogP) is 2.79. The number of rotatable bonds is 6. The van der Waals surface area contributed by atoms with Gasteiger partial charge in [0.25, 0.3) is 0 Å². The van der Waals surface area contributed by atoms with Crippen LogP contribution in [0.2, 0.25) is 0 Å². The van der Waals surface area contributed by atoms with Gasteiger partial charge in [-0.2, -0.15) is 0 Å². The number of nitrogens with zero attached hydrogens (tertiary/aromatic N) is 4. The van der Waals surface area contributed by atoms with E-state index in [1.54, 1.807) is 0 Å². The predicted molar refractivity (Wildman–Crippen MR) is 82.4 cm³/mol. The van der Waals surface area contributed by atoms with Crippen LogP contribution in [0.3, 0.4) is 0 Å². The lowest BCUT2D eigenvalue weighted by molar-refractivity contribution is 0.603. The van der Waals surface area contributed by atoms with Crippen LogP contribution in [0.5, 0.6) is 0 Å². The van der Waals surface area contributed by atoms with Gasteiger partial charge in [0.2, 0.25) is 0 Å². The van der Waals surface area contributed by atoms with Crippen LogP contribution in [0.25, 0.3) is 5.65 Å². The summed E-state index contributed by atoms with van der Waals surface area (Å²) >= 11 is 0. The Labute approximate surface area is 120 Å². The first kappa shape index (κ1) is 13.2. The highest BCUT2D eigenvalue weighted by molar-refractivity contribution is 5.67. The Hall–Kier alpha value is -1.78. The standard InChI is InChI=1S/C15H23N5/c1-4-16-13-10-19-8-7-17-14(19)15(18-13)20(9-11(2)3)12-5-6-12/h7-8,10-12,16H,4-6,9H2,1-3H3. The third-order valence-electron chi connectivity index (χ3n) is 3.54. The van der Waals surface area contributed by atoms with Gasteiger partial charge in [0.1, 0.15) is 5.82 Å². The lowest BCUT2D eigenvalue weighted by Gasteiger charge is -2.26. The largest absolute Gasteiger partial charge is 0.369 e. The summed E-state index contributed by atoms with van der Waals surface area (Å²) in [6, 6.07) is 0.641. The van der Waals surface area contributed by atoms with E-state index in [9.17, 15) is 0 Å². The molecule has 1 saturated carbocycles. The van der Waals surface area contributed by atoms with E-state index in [1.165, 1.54) is 12.8 Å². The molecule has 1 aliphatic carbocycles. The van der Waals surface area contributed by atoms with Gasteiger partial charge in [-0.25, -0.2) is 9.97 Å². The van der Waals surface area contributed by atoms with Crippen LogP contribution in [0.15, 0.2) is 18.6 Å². The zero-order valence-electron chi connectivity index (χ0n) is 12.5. The molecule has 0 aromatic carbocycles. The normalized spacial score (nSPS) is 15.0. The number of anilines is 2. The minimum atomic E-state index is 0.621. The van der Waals surface area contributed by atoms with Crippen molar-refractivity contribution in [3.63, 3.8) is 0 Å². The van der Waals surface area contributed by atoms with Crippen LogP contribution in [-0.4, -0.2) is 33.5 Å². The van der Waals surface area contributed by atoms with Gasteiger partial charge in [0.05, 0.1) is 6.20 Å². The maximum absolute atomic E-state index is 4.81. The van der Waals surface area contributed by atoms with Crippen LogP contribution in [0.4, 0.5) is 11.6 Å². The first-order valence-electron chi connectivity index (χ1n) is 7.53. The molecule has 0 radical (unpaired) electrons. The van der Waals surface area contributed by atoms with Crippen molar-refractivity contribution in [2.45, 2.75) is 39.7 Å². The fourth-order valence-electron chi connectivity index (χ4n) is 2.56. The molecule has 0 unspecified atom stereocenters. The van der Waals surface area contributed by atoms with Gasteiger partial charge >= 0.3 is 0 Å². The summed E-state index contributed by atoms with van der Waals surface area (Å²) in [5, 5.41) is 3.31. The fraction of sp³-hybridized carbons (Fsp3) is 0.600. The summed E-state index contributed by atoms with van der Waals surface area (Å²) in [6.07, 6.45) is 8.38. The number of hydrogen-bond acceptors (Lipinski definition) is 4. The number of imidazole rings is 1. The van der Waals surface area contributed by atoms with Gasteiger partial charge < -0.3 is 14.6 Å². The van der Waals surface area contributed by atoms with E-state index in [-0.39, 0.29) is 0 Å². The molecule has 0 bridgehead atoms. The molecule has 2 aromatic rings. The molecule has 5 heteroatoms. The molecule has 2 heterocycles. The Kier molecular flexibility index (Phi) is 3.51. The summed E-state index contributed by atoms with van der Waals surface area (Å²) in [5.74, 6) is 2.56. The molecule has 0 atom stereocenters. The lowest BCUT2D eigenvalue weighted by atomic mass is 10.2. The minimum Gasteiger partial charge on any atom is -0.369 e. The highest BCUT2D eigenvalue weighted by Crippen LogP contribution is 2.33. The molecule has 0 aliphatic heterocycles. The van der Waals surface area contributed by atoms with Crippen molar-refractivity contribution in [2.75, 3.05) is 23.3 Å². The smallest absolute Gasteiger partial charge is 0.180 e. The topological polar surface area (TPSA) is 45.5 Å². The number of aromatic nitrogens is 3. The van der Waals surface area contributed by atoms with Crippen LogP contribution < -0.4 is 10.2 Å². The summed E-state index contributed by atoms with van der Waals surface area (Å²) in [5.41, 5.74) is 0.958. The fourth-order valence-corrected chi connectivity index (χ4v) is 2.56. The van der Waals surface area contributed by atoms with Crippen molar-refractivity contribution in [1.29, 1.82) is 0 Å². The number of nitrogens with one attached hydrogen (secondary N) is 1. The van der Waals surface area contributed by atoms with Crippen molar-refractivity contribution >= 4 is 17.3 Å². The van der Waals surface area contributed by atoms with E-state index < -0.39 is 0 Å². The molecule has 1 aliphatic rings. The second-order valence-electron chi connectivity index (χ2n) is 5.92. The second-order valence-corrected chi connectivity index (χ2v) is 5.92. The quantitative estimate of drug-likeness (QED) is 0.879. The van der Waals surface area contributed by atoms with Gasteiger partial charge in [-0.05, 0) is 25.7 Å². The first-order valence-corrected chi connectivity index (χ1v) is 7.53. The Bertz CT molecular complexity index is 585. The van der Waals surface area contributed by atoms with Gasteiger partial charge in [-0.1, -0.05) is 13.8 Å². The van der Waals surface area contributed by atoms with Crippen LogP contribution in [0, 0.1) is 5.92 Å². The number of hydrogen-bond donors (Lipinski definition) is 1. The molecule has 3 rings (SSSR count). The van der Waals surface area contributed by atoms with Gasteiger partial charge in [0.15, 0.2) is 11.5 Å². The molecule has 0 amide bonds. The zero-order valence-corrected chi connectivity index (χ0v) is 12.5. The Morgan fingerprint density at radius 3 is 2.90 bits per heavy atom. The molecular weight excluding hydrogens is 250 g/mol. The van der Waals surface area contributed by atoms with E-state index in [0.29, 0.717) is 12.0 Å². The third-order valence-corrected chi connectivity index (χ3v) is 3.54. The Morgan fingerprint density at radius 1 is 1.45 bits per heavy atom. The molecule has 1 N–H and O–H groups in total. The van der Waals surface area contributed by atoms with Gasteiger partial charge in [-0.3, -0.25) is 0 Å². The first-order chi connectivity index (χ1) is 9.69. The molecular formula is C15H23N5. The Morgan fingerprint density at radius 2 is 2.25 bits per heavy atom. The minimum absolute atomic E-state index is 0.621. The molecule has 0 spiro atoms. The van der Waals surface area contributed by atoms with Crippen molar-refractivity contribution in [3.05, 3.63) is 18.6 Å². The molecule has 20 heavy (non-hydrogen) atoms. The summed E-state index contributed by atoms with van der Waals surface area (Å²) in [4.78, 5) is 11.7. The van der Waals surface area contributed by atoms with E-state index in [4.69, 9.17) is 4.98 Å². The third kappa shape index (κ3) is 2.57. The average molecular weight is 273 g/mol. The monoisotopic (exact) mass is 273 g/mol. The summed E-state index contributed by atoms with van der Waals surface area (Å²) in [7, 11) is 0. The number of fused-ring (bicyclic) bond motifs is 1. The van der Waals surface area contributed by atoms with Crippen LogP contribution in [-0.2, 0) is 0 Å². The van der Waals surface area contributed by atoms with E-state index in [0.717, 1.165) is 30.4 Å². The molecule has 0 saturated heterocycles. The van der Waals surface area contributed by atoms with E-state index in [2.05, 4.69) is 40.4 Å². The van der Waals surface area contributed by atoms with Crippen molar-refractivity contribution in [2.24, 2.45) is 5.92 Å². The highest BCUT2D eigenvalue weighted by atomic mass is 15.3. The van der Waals surface area contributed by atoms with Crippen LogP contribution in [0.1, 0.15) is 33.6 Å². The lowest BCUT2D eigenvalue weighted by Crippen LogP contribution is -2.31. The molecule has 5 nitrogen and oxygen atoms in total. The van der Waals surface area contributed by atoms with Gasteiger partial charge in [0, 0.05) is 31.5 Å². The Balaban J connectivity index is 2.04. The van der Waals surface area contributed by atoms with Crippen molar-refractivity contribution < 1.29 is 0 Å². The van der Waals surface area contributed by atoms with Crippen molar-refractivity contribution in [3.8, 4) is 0 Å². The second kappa shape index (κ2) is 5.31. The maximum atomic E-state index is 4.81. The zero-order chi connectivity index (χ0) is 14.1. The van der Waals surface area contributed by atoms with Crippen LogP contribution >= 0.6 is 0 Å². The average Bonchev–Trinajstić information content (AvgIpc) is 3.13. The van der Waals surface area contributed by atoms with E-state index in [1.807, 2.05) is 18.6 Å². The summed E-state index contributed by atoms with van der Waals surface area (Å²) in [6.45, 7) is 8.51. The van der Waals surface area contributed by atoms with Crippen molar-refractivity contribution in [1.82, 2.24) is 14.4 Å². The van der Waals surface area contributed by atoms with Gasteiger partial charge in [-0.15, -0.1) is 0 Å². The molecule has 1 fully saturated rings. The van der Waals surface area contributed by atoms with E-state index >= 15 is 0 Å². The highest BCUT2D eigenvalue weighted by Gasteiger charge is 2.32. The SMILES string of the molecule is CCNc1cn2ccnc2c(N(CC(C)C)C2CC2)n1. The molecule has 108 valence electrons. The summed E-state index contributed by atoms with van der Waals surface area (Å²) < 4.78 is 2.07.